The average Bonchev–Trinajstić information content (AvgIpc) is 2.88. The molecule has 2 rings (SSSR count). The molecule has 1 heterocycles. The van der Waals surface area contributed by atoms with Crippen LogP contribution in [0.3, 0.4) is 0 Å². The van der Waals surface area contributed by atoms with Crippen molar-refractivity contribution in [3.8, 4) is 0 Å². The lowest BCUT2D eigenvalue weighted by Crippen LogP contribution is -2.19. The van der Waals surface area contributed by atoms with E-state index in [1.165, 1.54) is 12.8 Å². The van der Waals surface area contributed by atoms with Crippen LogP contribution in [-0.4, -0.2) is 38.7 Å². The molecular weight excluding hydrogens is 236 g/mol. The minimum Gasteiger partial charge on any atom is -0.380 e. The van der Waals surface area contributed by atoms with E-state index in [1.807, 2.05) is 4.68 Å². The fraction of sp³-hybridized carbons (Fsp3) is 0.909. The van der Waals surface area contributed by atoms with Gasteiger partial charge in [0.15, 0.2) is 0 Å². The topological polar surface area (TPSA) is 52.8 Å². The van der Waals surface area contributed by atoms with Crippen LogP contribution in [0.2, 0.25) is 0 Å². The van der Waals surface area contributed by atoms with Gasteiger partial charge >= 0.3 is 0 Å². The Morgan fingerprint density at radius 2 is 2.29 bits per heavy atom. The van der Waals surface area contributed by atoms with E-state index in [0.717, 1.165) is 18.1 Å². The zero-order chi connectivity index (χ0) is 12.3. The first kappa shape index (κ1) is 12.8. The first-order valence-corrected chi connectivity index (χ1v) is 7.04. The molecule has 17 heavy (non-hydrogen) atoms. The van der Waals surface area contributed by atoms with Crippen molar-refractivity contribution in [1.82, 2.24) is 20.2 Å². The fourth-order valence-electron chi connectivity index (χ4n) is 2.17. The molecule has 1 aliphatic rings. The molecule has 1 aromatic rings. The SMILES string of the molecule is CO[C@@H]1CCC[C@H]1Sc1nnnn1CC(C)C. The molecular formula is C11H20N4OS. The molecule has 0 spiro atoms. The van der Waals surface area contributed by atoms with Gasteiger partial charge in [0.1, 0.15) is 0 Å². The second kappa shape index (κ2) is 5.82. The molecule has 1 fully saturated rings. The predicted octanol–water partition coefficient (Wildman–Crippen LogP) is 1.99. The van der Waals surface area contributed by atoms with Crippen LogP contribution in [-0.2, 0) is 11.3 Å². The summed E-state index contributed by atoms with van der Waals surface area (Å²) in [5.41, 5.74) is 0. The molecule has 0 aliphatic heterocycles. The van der Waals surface area contributed by atoms with Crippen molar-refractivity contribution in [2.24, 2.45) is 5.92 Å². The molecule has 1 aromatic heterocycles. The molecule has 0 radical (unpaired) electrons. The van der Waals surface area contributed by atoms with E-state index >= 15 is 0 Å². The van der Waals surface area contributed by atoms with Gasteiger partial charge in [-0.1, -0.05) is 25.6 Å². The summed E-state index contributed by atoms with van der Waals surface area (Å²) in [4.78, 5) is 0. The largest absolute Gasteiger partial charge is 0.380 e. The van der Waals surface area contributed by atoms with Gasteiger partial charge in [-0.25, -0.2) is 4.68 Å². The first-order chi connectivity index (χ1) is 8.20. The summed E-state index contributed by atoms with van der Waals surface area (Å²) in [7, 11) is 1.79. The maximum absolute atomic E-state index is 5.49. The molecule has 1 saturated carbocycles. The zero-order valence-corrected chi connectivity index (χ0v) is 11.5. The van der Waals surface area contributed by atoms with Crippen LogP contribution in [0.25, 0.3) is 0 Å². The van der Waals surface area contributed by atoms with E-state index in [0.29, 0.717) is 17.3 Å². The fourth-order valence-corrected chi connectivity index (χ4v) is 3.44. The Bertz CT molecular complexity index is 355. The van der Waals surface area contributed by atoms with Gasteiger partial charge < -0.3 is 4.74 Å². The molecule has 0 saturated heterocycles. The number of hydrogen-bond acceptors (Lipinski definition) is 5. The Morgan fingerprint density at radius 3 is 3.00 bits per heavy atom. The van der Waals surface area contributed by atoms with Gasteiger partial charge in [-0.05, 0) is 35.6 Å². The van der Waals surface area contributed by atoms with Gasteiger partial charge in [0.05, 0.1) is 6.10 Å². The smallest absolute Gasteiger partial charge is 0.209 e. The van der Waals surface area contributed by atoms with E-state index in [9.17, 15) is 0 Å². The normalized spacial score (nSPS) is 24.7. The van der Waals surface area contributed by atoms with Gasteiger partial charge in [0.2, 0.25) is 5.16 Å². The van der Waals surface area contributed by atoms with Gasteiger partial charge in [-0.15, -0.1) is 5.10 Å². The molecule has 96 valence electrons. The summed E-state index contributed by atoms with van der Waals surface area (Å²) in [6.45, 7) is 5.22. The third-order valence-electron chi connectivity index (χ3n) is 2.99. The van der Waals surface area contributed by atoms with Crippen molar-refractivity contribution in [3.05, 3.63) is 0 Å². The average molecular weight is 256 g/mol. The maximum Gasteiger partial charge on any atom is 0.209 e. The highest BCUT2D eigenvalue weighted by Crippen LogP contribution is 2.35. The minimum absolute atomic E-state index is 0.351. The third-order valence-corrected chi connectivity index (χ3v) is 4.33. The predicted molar refractivity (Wildman–Crippen MR) is 66.9 cm³/mol. The van der Waals surface area contributed by atoms with Gasteiger partial charge in [-0.3, -0.25) is 0 Å². The van der Waals surface area contributed by atoms with Crippen LogP contribution in [0.15, 0.2) is 5.16 Å². The summed E-state index contributed by atoms with van der Waals surface area (Å²) < 4.78 is 7.40. The van der Waals surface area contributed by atoms with Crippen molar-refractivity contribution in [2.75, 3.05) is 7.11 Å². The first-order valence-electron chi connectivity index (χ1n) is 6.16. The molecule has 5 nitrogen and oxygen atoms in total. The molecule has 6 heteroatoms. The highest BCUT2D eigenvalue weighted by atomic mass is 32.2. The van der Waals surface area contributed by atoms with E-state index in [4.69, 9.17) is 4.74 Å². The van der Waals surface area contributed by atoms with Crippen molar-refractivity contribution >= 4 is 11.8 Å². The monoisotopic (exact) mass is 256 g/mol. The molecule has 0 unspecified atom stereocenters. The summed E-state index contributed by atoms with van der Waals surface area (Å²) >= 11 is 1.76. The highest BCUT2D eigenvalue weighted by Gasteiger charge is 2.29. The Kier molecular flexibility index (Phi) is 4.39. The molecule has 0 aromatic carbocycles. The lowest BCUT2D eigenvalue weighted by molar-refractivity contribution is 0.113. The summed E-state index contributed by atoms with van der Waals surface area (Å²) in [5, 5.41) is 13.3. The highest BCUT2D eigenvalue weighted by molar-refractivity contribution is 7.99. The summed E-state index contributed by atoms with van der Waals surface area (Å²) in [6.07, 6.45) is 3.93. The molecule has 2 atom stereocenters. The van der Waals surface area contributed by atoms with Gasteiger partial charge in [0.25, 0.3) is 0 Å². The standard InChI is InChI=1S/C11H20N4OS/c1-8(2)7-15-11(12-13-14-15)17-10-6-4-5-9(10)16-3/h8-10H,4-7H2,1-3H3/t9-,10-/m1/s1. The molecule has 0 amide bonds. The number of rotatable bonds is 5. The number of methoxy groups -OCH3 is 1. The van der Waals surface area contributed by atoms with Gasteiger partial charge in [-0.2, -0.15) is 0 Å². The maximum atomic E-state index is 5.49. The van der Waals surface area contributed by atoms with Crippen LogP contribution in [0.4, 0.5) is 0 Å². The Balaban J connectivity index is 2.00. The number of thioether (sulfide) groups is 1. The zero-order valence-electron chi connectivity index (χ0n) is 10.7. The minimum atomic E-state index is 0.351. The number of ether oxygens (including phenoxy) is 1. The second-order valence-electron chi connectivity index (χ2n) is 4.90. The Labute approximate surface area is 106 Å². The summed E-state index contributed by atoms with van der Waals surface area (Å²) in [6, 6.07) is 0. The number of nitrogens with zero attached hydrogens (tertiary/aromatic N) is 4. The van der Waals surface area contributed by atoms with Crippen LogP contribution in [0.1, 0.15) is 33.1 Å². The van der Waals surface area contributed by atoms with Crippen molar-refractivity contribution in [2.45, 2.75) is 56.2 Å². The number of tetrazole rings is 1. The van der Waals surface area contributed by atoms with Crippen LogP contribution >= 0.6 is 11.8 Å². The van der Waals surface area contributed by atoms with E-state index in [2.05, 4.69) is 29.4 Å². The van der Waals surface area contributed by atoms with Crippen molar-refractivity contribution < 1.29 is 4.74 Å². The number of aromatic nitrogens is 4. The van der Waals surface area contributed by atoms with Crippen molar-refractivity contribution in [1.29, 1.82) is 0 Å². The van der Waals surface area contributed by atoms with Crippen molar-refractivity contribution in [3.63, 3.8) is 0 Å². The quantitative estimate of drug-likeness (QED) is 0.806. The van der Waals surface area contributed by atoms with Crippen LogP contribution in [0.5, 0.6) is 0 Å². The Morgan fingerprint density at radius 1 is 1.47 bits per heavy atom. The van der Waals surface area contributed by atoms with Gasteiger partial charge in [0, 0.05) is 18.9 Å². The van der Waals surface area contributed by atoms with Crippen LogP contribution in [0, 0.1) is 5.92 Å². The van der Waals surface area contributed by atoms with E-state index in [-0.39, 0.29) is 0 Å². The third kappa shape index (κ3) is 3.19. The molecule has 0 bridgehead atoms. The molecule has 0 N–H and O–H groups in total. The van der Waals surface area contributed by atoms with E-state index in [1.54, 1.807) is 18.9 Å². The second-order valence-corrected chi connectivity index (χ2v) is 6.11. The number of hydrogen-bond donors (Lipinski definition) is 0. The van der Waals surface area contributed by atoms with E-state index < -0.39 is 0 Å². The summed E-state index contributed by atoms with van der Waals surface area (Å²) in [5.74, 6) is 0.555. The lowest BCUT2D eigenvalue weighted by atomic mass is 10.2. The Hall–Kier alpha value is -0.620. The molecule has 1 aliphatic carbocycles. The lowest BCUT2D eigenvalue weighted by Gasteiger charge is -2.17. The van der Waals surface area contributed by atoms with Crippen LogP contribution < -0.4 is 0 Å².